The average molecular weight is 264 g/mol. The highest BCUT2D eigenvalue weighted by Gasteiger charge is 2.11. The van der Waals surface area contributed by atoms with E-state index in [1.807, 2.05) is 0 Å². The number of alkyl halides is 1. The van der Waals surface area contributed by atoms with E-state index >= 15 is 0 Å². The highest BCUT2D eigenvalue weighted by molar-refractivity contribution is 9.09. The molecule has 70 valence electrons. The van der Waals surface area contributed by atoms with Crippen LogP contribution in [0.4, 0.5) is 4.39 Å². The molecule has 0 N–H and O–H groups in total. The van der Waals surface area contributed by atoms with Gasteiger partial charge in [0.05, 0.1) is 15.9 Å². The number of carbonyl (C=O) groups is 1. The number of hydrogen-bond acceptors (Lipinski definition) is 3. The normalized spacial score (nSPS) is 10.1. The second kappa shape index (κ2) is 4.72. The summed E-state index contributed by atoms with van der Waals surface area (Å²) >= 11 is 4.31. The molecule has 2 nitrogen and oxygen atoms in total. The highest BCUT2D eigenvalue weighted by Crippen LogP contribution is 2.15. The number of rotatable bonds is 3. The molecule has 0 spiro atoms. The summed E-state index contributed by atoms with van der Waals surface area (Å²) in [5.74, 6) is -0.992. The van der Waals surface area contributed by atoms with Gasteiger partial charge in [0.2, 0.25) is 5.95 Å². The predicted octanol–water partition coefficient (Wildman–Crippen LogP) is 2.52. The molecule has 0 amide bonds. The van der Waals surface area contributed by atoms with Gasteiger partial charge in [-0.1, -0.05) is 15.9 Å². The van der Waals surface area contributed by atoms with E-state index < -0.39 is 5.95 Å². The van der Waals surface area contributed by atoms with E-state index in [2.05, 4.69) is 20.9 Å². The minimum absolute atomic E-state index is 0.0367. The number of hydrogen-bond donors (Lipinski definition) is 0. The van der Waals surface area contributed by atoms with E-state index in [0.29, 0.717) is 5.03 Å². The fraction of sp³-hybridized carbons (Fsp3) is 0.250. The summed E-state index contributed by atoms with van der Waals surface area (Å²) in [7, 11) is 0. The standard InChI is InChI=1S/C8H7BrFNOS/c1-13-7-3-2-5(6(12)4-9)8(10)11-7/h2-3H,4H2,1H3. The van der Waals surface area contributed by atoms with E-state index in [1.54, 1.807) is 12.3 Å². The van der Waals surface area contributed by atoms with Crippen molar-refractivity contribution >= 4 is 33.5 Å². The monoisotopic (exact) mass is 263 g/mol. The molecule has 0 saturated carbocycles. The smallest absolute Gasteiger partial charge is 0.224 e. The first-order chi connectivity index (χ1) is 6.19. The lowest BCUT2D eigenvalue weighted by atomic mass is 10.2. The quantitative estimate of drug-likeness (QED) is 0.363. The largest absolute Gasteiger partial charge is 0.293 e. The van der Waals surface area contributed by atoms with Crippen molar-refractivity contribution in [3.63, 3.8) is 0 Å². The first-order valence-electron chi connectivity index (χ1n) is 3.48. The number of aromatic nitrogens is 1. The van der Waals surface area contributed by atoms with Crippen LogP contribution in [0.5, 0.6) is 0 Å². The van der Waals surface area contributed by atoms with Gasteiger partial charge in [-0.3, -0.25) is 4.79 Å². The molecule has 0 bridgehead atoms. The molecule has 1 rings (SSSR count). The van der Waals surface area contributed by atoms with Gasteiger partial charge >= 0.3 is 0 Å². The lowest BCUT2D eigenvalue weighted by Crippen LogP contribution is -2.05. The van der Waals surface area contributed by atoms with Gasteiger partial charge in [0.1, 0.15) is 0 Å². The van der Waals surface area contributed by atoms with Crippen LogP contribution in [-0.4, -0.2) is 22.4 Å². The second-order valence-electron chi connectivity index (χ2n) is 2.25. The molecule has 0 atom stereocenters. The fourth-order valence-corrected chi connectivity index (χ4v) is 1.49. The topological polar surface area (TPSA) is 30.0 Å². The van der Waals surface area contributed by atoms with Crippen LogP contribution in [0.3, 0.4) is 0 Å². The van der Waals surface area contributed by atoms with Crippen molar-refractivity contribution in [1.82, 2.24) is 4.98 Å². The number of halogens is 2. The Morgan fingerprint density at radius 2 is 2.38 bits per heavy atom. The zero-order valence-electron chi connectivity index (χ0n) is 6.88. The maximum Gasteiger partial charge on any atom is 0.224 e. The van der Waals surface area contributed by atoms with Gasteiger partial charge in [-0.2, -0.15) is 4.39 Å². The van der Waals surface area contributed by atoms with E-state index in [1.165, 1.54) is 17.8 Å². The summed E-state index contributed by atoms with van der Waals surface area (Å²) < 4.78 is 13.1. The first-order valence-corrected chi connectivity index (χ1v) is 5.83. The van der Waals surface area contributed by atoms with Crippen LogP contribution in [0, 0.1) is 5.95 Å². The number of carbonyl (C=O) groups excluding carboxylic acids is 1. The summed E-state index contributed by atoms with van der Waals surface area (Å²) in [5, 5.41) is 0.688. The molecule has 0 fully saturated rings. The zero-order valence-corrected chi connectivity index (χ0v) is 9.28. The van der Waals surface area contributed by atoms with Crippen LogP contribution in [0.1, 0.15) is 10.4 Å². The number of Topliss-reactive ketones (excluding diaryl/α,β-unsaturated/α-hetero) is 1. The van der Waals surface area contributed by atoms with Gasteiger partial charge in [0.25, 0.3) is 0 Å². The Labute approximate surface area is 88.1 Å². The molecule has 0 aliphatic heterocycles. The van der Waals surface area contributed by atoms with Crippen LogP contribution in [0.25, 0.3) is 0 Å². The van der Waals surface area contributed by atoms with Gasteiger partial charge in [-0.15, -0.1) is 11.8 Å². The number of pyridine rings is 1. The van der Waals surface area contributed by atoms with Crippen molar-refractivity contribution in [3.8, 4) is 0 Å². The molecular weight excluding hydrogens is 257 g/mol. The van der Waals surface area contributed by atoms with E-state index in [0.717, 1.165) is 0 Å². The molecule has 0 saturated heterocycles. The molecule has 5 heteroatoms. The molecule has 13 heavy (non-hydrogen) atoms. The molecule has 1 heterocycles. The third kappa shape index (κ3) is 2.51. The highest BCUT2D eigenvalue weighted by atomic mass is 79.9. The summed E-state index contributed by atoms with van der Waals surface area (Å²) in [5.41, 5.74) is 0.0367. The van der Waals surface area contributed by atoms with Crippen molar-refractivity contribution in [1.29, 1.82) is 0 Å². The summed E-state index contributed by atoms with van der Waals surface area (Å²) in [6.45, 7) is 0. The van der Waals surface area contributed by atoms with E-state index in [-0.39, 0.29) is 16.7 Å². The Bertz CT molecular complexity index is 332. The predicted molar refractivity (Wildman–Crippen MR) is 54.1 cm³/mol. The van der Waals surface area contributed by atoms with Crippen LogP contribution >= 0.6 is 27.7 Å². The second-order valence-corrected chi connectivity index (χ2v) is 3.64. The van der Waals surface area contributed by atoms with Crippen LogP contribution < -0.4 is 0 Å². The molecule has 1 aromatic heterocycles. The Morgan fingerprint density at radius 1 is 1.69 bits per heavy atom. The Kier molecular flexibility index (Phi) is 3.87. The Balaban J connectivity index is 3.05. The van der Waals surface area contributed by atoms with Gasteiger partial charge < -0.3 is 0 Å². The van der Waals surface area contributed by atoms with Crippen LogP contribution in [-0.2, 0) is 0 Å². The zero-order chi connectivity index (χ0) is 9.84. The van der Waals surface area contributed by atoms with E-state index in [9.17, 15) is 9.18 Å². The Morgan fingerprint density at radius 3 is 2.85 bits per heavy atom. The van der Waals surface area contributed by atoms with Gasteiger partial charge in [0.15, 0.2) is 5.78 Å². The molecule has 0 radical (unpaired) electrons. The number of thioether (sulfide) groups is 1. The molecule has 1 aromatic rings. The van der Waals surface area contributed by atoms with Crippen molar-refractivity contribution in [3.05, 3.63) is 23.6 Å². The molecule has 0 aliphatic rings. The molecule has 0 aromatic carbocycles. The van der Waals surface area contributed by atoms with Crippen molar-refractivity contribution in [2.24, 2.45) is 0 Å². The van der Waals surface area contributed by atoms with E-state index in [4.69, 9.17) is 0 Å². The third-order valence-electron chi connectivity index (χ3n) is 1.45. The minimum Gasteiger partial charge on any atom is -0.293 e. The molecule has 0 unspecified atom stereocenters. The lowest BCUT2D eigenvalue weighted by molar-refractivity contribution is 0.101. The average Bonchev–Trinajstić information content (AvgIpc) is 2.16. The third-order valence-corrected chi connectivity index (χ3v) is 2.61. The number of ketones is 1. The van der Waals surface area contributed by atoms with Crippen molar-refractivity contribution in [2.45, 2.75) is 5.03 Å². The summed E-state index contributed by atoms with van der Waals surface area (Å²) in [6, 6.07) is 3.08. The van der Waals surface area contributed by atoms with Crippen molar-refractivity contribution < 1.29 is 9.18 Å². The maximum absolute atomic E-state index is 13.1. The number of nitrogens with zero attached hydrogens (tertiary/aromatic N) is 1. The lowest BCUT2D eigenvalue weighted by Gasteiger charge is -2.00. The summed E-state index contributed by atoms with van der Waals surface area (Å²) in [4.78, 5) is 14.7. The van der Waals surface area contributed by atoms with Gasteiger partial charge in [-0.05, 0) is 18.4 Å². The van der Waals surface area contributed by atoms with Gasteiger partial charge in [-0.25, -0.2) is 4.98 Å². The van der Waals surface area contributed by atoms with Crippen molar-refractivity contribution in [2.75, 3.05) is 11.6 Å². The fourth-order valence-electron chi connectivity index (χ4n) is 0.811. The molecule has 0 aliphatic carbocycles. The first kappa shape index (κ1) is 10.7. The van der Waals surface area contributed by atoms with Gasteiger partial charge in [0, 0.05) is 0 Å². The van der Waals surface area contributed by atoms with Crippen LogP contribution in [0.15, 0.2) is 17.2 Å². The van der Waals surface area contributed by atoms with Crippen LogP contribution in [0.2, 0.25) is 0 Å². The SMILES string of the molecule is CSc1ccc(C(=O)CBr)c(F)n1. The Hall–Kier alpha value is -0.420. The minimum atomic E-state index is -0.698. The maximum atomic E-state index is 13.1. The summed E-state index contributed by atoms with van der Waals surface area (Å²) in [6.07, 6.45) is 1.80. The molecular formula is C8H7BrFNOS.